The van der Waals surface area contributed by atoms with E-state index in [0.29, 0.717) is 23.7 Å². The molecule has 110 valence electrons. The normalized spacial score (nSPS) is 11.9. The number of carboxylic acids is 1. The van der Waals surface area contributed by atoms with Crippen LogP contribution in [0, 0.1) is 5.82 Å². The van der Waals surface area contributed by atoms with Gasteiger partial charge in [-0.15, -0.1) is 0 Å². The van der Waals surface area contributed by atoms with Crippen molar-refractivity contribution in [3.8, 4) is 5.88 Å². The molecule has 4 nitrogen and oxygen atoms in total. The minimum absolute atomic E-state index is 0.0462. The summed E-state index contributed by atoms with van der Waals surface area (Å²) >= 11 is 0. The minimum Gasteiger partial charge on any atom is -0.481 e. The van der Waals surface area contributed by atoms with Crippen LogP contribution in [0.4, 0.5) is 4.39 Å². The van der Waals surface area contributed by atoms with Crippen LogP contribution in [-0.4, -0.2) is 22.7 Å². The van der Waals surface area contributed by atoms with Crippen LogP contribution in [-0.2, 0) is 11.2 Å². The molecule has 1 aromatic carbocycles. The lowest BCUT2D eigenvalue weighted by Gasteiger charge is -2.13. The van der Waals surface area contributed by atoms with Gasteiger partial charge in [0.05, 0.1) is 12.3 Å². The number of hydrogen-bond donors (Lipinski definition) is 1. The van der Waals surface area contributed by atoms with Crippen molar-refractivity contribution >= 4 is 5.97 Å². The smallest absolute Gasteiger partial charge is 0.312 e. The van der Waals surface area contributed by atoms with Crippen LogP contribution in [0.25, 0.3) is 0 Å². The van der Waals surface area contributed by atoms with Gasteiger partial charge in [-0.05, 0) is 31.0 Å². The molecule has 0 aliphatic heterocycles. The molecule has 0 saturated heterocycles. The molecule has 1 N–H and O–H groups in total. The topological polar surface area (TPSA) is 59.4 Å². The Kier molecular flexibility index (Phi) is 4.87. The summed E-state index contributed by atoms with van der Waals surface area (Å²) in [5, 5.41) is 9.40. The highest BCUT2D eigenvalue weighted by Gasteiger charge is 2.23. The average Bonchev–Trinajstić information content (AvgIpc) is 2.46. The lowest BCUT2D eigenvalue weighted by atomic mass is 9.95. The first-order valence-corrected chi connectivity index (χ1v) is 6.67. The molecule has 0 saturated carbocycles. The lowest BCUT2D eigenvalue weighted by Crippen LogP contribution is -2.16. The van der Waals surface area contributed by atoms with Crippen molar-refractivity contribution in [1.82, 2.24) is 4.98 Å². The molecule has 2 aromatic rings. The van der Waals surface area contributed by atoms with E-state index in [0.717, 1.165) is 0 Å². The number of hydrogen-bond acceptors (Lipinski definition) is 3. The number of ether oxygens (including phenoxy) is 1. The van der Waals surface area contributed by atoms with Crippen molar-refractivity contribution in [1.29, 1.82) is 0 Å². The molecule has 5 heteroatoms. The van der Waals surface area contributed by atoms with E-state index < -0.39 is 17.7 Å². The number of nitrogens with zero attached hydrogens (tertiary/aromatic N) is 1. The van der Waals surface area contributed by atoms with Gasteiger partial charge in [-0.3, -0.25) is 4.79 Å². The quantitative estimate of drug-likeness (QED) is 0.888. The number of carboxylic acid groups (broad SMARTS) is 1. The third-order valence-corrected chi connectivity index (χ3v) is 3.07. The van der Waals surface area contributed by atoms with Crippen LogP contribution in [0.15, 0.2) is 42.5 Å². The van der Waals surface area contributed by atoms with Gasteiger partial charge in [-0.25, -0.2) is 9.37 Å². The Morgan fingerprint density at radius 3 is 2.71 bits per heavy atom. The number of rotatable bonds is 6. The third-order valence-electron chi connectivity index (χ3n) is 3.07. The van der Waals surface area contributed by atoms with E-state index in [1.165, 1.54) is 6.07 Å². The molecule has 0 aliphatic rings. The van der Waals surface area contributed by atoms with E-state index in [4.69, 9.17) is 4.74 Å². The zero-order chi connectivity index (χ0) is 15.2. The Morgan fingerprint density at radius 1 is 1.29 bits per heavy atom. The highest BCUT2D eigenvalue weighted by Crippen LogP contribution is 2.23. The Balaban J connectivity index is 2.29. The lowest BCUT2D eigenvalue weighted by molar-refractivity contribution is -0.138. The fraction of sp³-hybridized carbons (Fsp3) is 0.250. The second kappa shape index (κ2) is 6.83. The number of aliphatic carboxylic acids is 1. The molecule has 1 aromatic heterocycles. The van der Waals surface area contributed by atoms with Gasteiger partial charge in [-0.2, -0.15) is 0 Å². The van der Waals surface area contributed by atoms with Crippen molar-refractivity contribution in [3.05, 3.63) is 59.5 Å². The molecular weight excluding hydrogens is 273 g/mol. The summed E-state index contributed by atoms with van der Waals surface area (Å²) in [5.41, 5.74) is 0.713. The fourth-order valence-corrected chi connectivity index (χ4v) is 2.06. The predicted octanol–water partition coefficient (Wildman–Crippen LogP) is 3.03. The van der Waals surface area contributed by atoms with Crippen LogP contribution in [0.5, 0.6) is 5.88 Å². The SMILES string of the molecule is CCOc1cccc(C(Cc2ccccc2F)C(=O)O)n1. The highest BCUT2D eigenvalue weighted by atomic mass is 19.1. The molecular formula is C16H16FNO3. The second-order valence-electron chi connectivity index (χ2n) is 4.52. The Hall–Kier alpha value is -2.43. The van der Waals surface area contributed by atoms with Gasteiger partial charge in [0.2, 0.25) is 5.88 Å². The van der Waals surface area contributed by atoms with E-state index in [-0.39, 0.29) is 6.42 Å². The Morgan fingerprint density at radius 2 is 2.05 bits per heavy atom. The van der Waals surface area contributed by atoms with Crippen LogP contribution in [0.1, 0.15) is 24.1 Å². The highest BCUT2D eigenvalue weighted by molar-refractivity contribution is 5.76. The van der Waals surface area contributed by atoms with Crippen LogP contribution in [0.3, 0.4) is 0 Å². The van der Waals surface area contributed by atoms with Gasteiger partial charge in [0.15, 0.2) is 0 Å². The second-order valence-corrected chi connectivity index (χ2v) is 4.52. The van der Waals surface area contributed by atoms with E-state index in [1.807, 2.05) is 6.92 Å². The third kappa shape index (κ3) is 3.78. The molecule has 21 heavy (non-hydrogen) atoms. The summed E-state index contributed by atoms with van der Waals surface area (Å²) in [6.07, 6.45) is 0.0462. The summed E-state index contributed by atoms with van der Waals surface area (Å²) in [6, 6.07) is 11.1. The molecule has 1 heterocycles. The number of carbonyl (C=O) groups is 1. The summed E-state index contributed by atoms with van der Waals surface area (Å²) in [7, 11) is 0. The predicted molar refractivity (Wildman–Crippen MR) is 75.9 cm³/mol. The number of aromatic nitrogens is 1. The molecule has 0 fully saturated rings. The van der Waals surface area contributed by atoms with Crippen molar-refractivity contribution in [2.75, 3.05) is 6.61 Å². The number of pyridine rings is 1. The van der Waals surface area contributed by atoms with E-state index in [1.54, 1.807) is 36.4 Å². The van der Waals surface area contributed by atoms with E-state index in [2.05, 4.69) is 4.98 Å². The monoisotopic (exact) mass is 289 g/mol. The van der Waals surface area contributed by atoms with Gasteiger partial charge >= 0.3 is 5.97 Å². The first-order valence-electron chi connectivity index (χ1n) is 6.67. The zero-order valence-corrected chi connectivity index (χ0v) is 11.6. The molecule has 1 unspecified atom stereocenters. The van der Waals surface area contributed by atoms with Crippen molar-refractivity contribution in [2.24, 2.45) is 0 Å². The summed E-state index contributed by atoms with van der Waals surface area (Å²) < 4.78 is 19.0. The van der Waals surface area contributed by atoms with Gasteiger partial charge in [0, 0.05) is 6.07 Å². The van der Waals surface area contributed by atoms with E-state index >= 15 is 0 Å². The van der Waals surface area contributed by atoms with Gasteiger partial charge < -0.3 is 9.84 Å². The van der Waals surface area contributed by atoms with Crippen LogP contribution >= 0.6 is 0 Å². The Bertz CT molecular complexity index is 630. The van der Waals surface area contributed by atoms with Gasteiger partial charge in [-0.1, -0.05) is 24.3 Å². The van der Waals surface area contributed by atoms with Crippen molar-refractivity contribution < 1.29 is 19.0 Å². The van der Waals surface area contributed by atoms with E-state index in [9.17, 15) is 14.3 Å². The van der Waals surface area contributed by atoms with Gasteiger partial charge in [0.25, 0.3) is 0 Å². The standard InChI is InChI=1S/C16H16FNO3/c1-2-21-15-9-5-8-14(18-15)12(16(19)20)10-11-6-3-4-7-13(11)17/h3-9,12H,2,10H2,1H3,(H,19,20). The van der Waals surface area contributed by atoms with Crippen LogP contribution < -0.4 is 4.74 Å². The molecule has 0 radical (unpaired) electrons. The molecule has 2 rings (SSSR count). The molecule has 0 amide bonds. The first-order chi connectivity index (χ1) is 10.1. The van der Waals surface area contributed by atoms with Gasteiger partial charge in [0.1, 0.15) is 11.7 Å². The maximum atomic E-state index is 13.7. The average molecular weight is 289 g/mol. The zero-order valence-electron chi connectivity index (χ0n) is 11.6. The largest absolute Gasteiger partial charge is 0.481 e. The summed E-state index contributed by atoms with van der Waals surface area (Å²) in [6.45, 7) is 2.27. The minimum atomic E-state index is -1.04. The molecule has 1 atom stereocenters. The first kappa shape index (κ1) is 15.0. The van der Waals surface area contributed by atoms with Crippen LogP contribution in [0.2, 0.25) is 0 Å². The Labute approximate surface area is 122 Å². The molecule has 0 spiro atoms. The van der Waals surface area contributed by atoms with Crippen molar-refractivity contribution in [3.63, 3.8) is 0 Å². The fourth-order valence-electron chi connectivity index (χ4n) is 2.06. The number of benzene rings is 1. The summed E-state index contributed by atoms with van der Waals surface area (Å²) in [5.74, 6) is -2.00. The van der Waals surface area contributed by atoms with Crippen molar-refractivity contribution in [2.45, 2.75) is 19.3 Å². The molecule has 0 aliphatic carbocycles. The summed E-state index contributed by atoms with van der Waals surface area (Å²) in [4.78, 5) is 15.7. The molecule has 0 bridgehead atoms. The maximum absolute atomic E-state index is 13.7. The number of halogens is 1. The maximum Gasteiger partial charge on any atom is 0.312 e.